The van der Waals surface area contributed by atoms with E-state index in [0.717, 1.165) is 11.3 Å². The molecule has 2 rings (SSSR count). The highest BCUT2D eigenvalue weighted by atomic mass is 32.2. The van der Waals surface area contributed by atoms with Gasteiger partial charge < -0.3 is 4.90 Å². The molecule has 0 unspecified atom stereocenters. The van der Waals surface area contributed by atoms with Crippen LogP contribution in [0.3, 0.4) is 0 Å². The SMILES string of the molecule is CS(=O)(=O)CCN(Cc1ccc(F)cc1)c1cccnc1. The van der Waals surface area contributed by atoms with Crippen LogP contribution in [-0.2, 0) is 16.4 Å². The number of hydrogen-bond acceptors (Lipinski definition) is 4. The maximum Gasteiger partial charge on any atom is 0.149 e. The Bertz CT molecular complexity index is 673. The molecule has 0 atom stereocenters. The van der Waals surface area contributed by atoms with Crippen LogP contribution in [0.25, 0.3) is 0 Å². The first-order valence-electron chi connectivity index (χ1n) is 6.51. The van der Waals surface area contributed by atoms with Crippen LogP contribution in [0.2, 0.25) is 0 Å². The molecule has 1 heterocycles. The number of pyridine rings is 1. The van der Waals surface area contributed by atoms with Crippen LogP contribution in [0.15, 0.2) is 48.8 Å². The van der Waals surface area contributed by atoms with Gasteiger partial charge in [0.05, 0.1) is 17.6 Å². The van der Waals surface area contributed by atoms with Gasteiger partial charge >= 0.3 is 0 Å². The van der Waals surface area contributed by atoms with Crippen molar-refractivity contribution in [3.05, 3.63) is 60.2 Å². The van der Waals surface area contributed by atoms with Crippen molar-refractivity contribution in [1.82, 2.24) is 4.98 Å². The number of aromatic nitrogens is 1. The second-order valence-corrected chi connectivity index (χ2v) is 7.15. The van der Waals surface area contributed by atoms with Gasteiger partial charge in [0.1, 0.15) is 15.7 Å². The molecule has 4 nitrogen and oxygen atoms in total. The van der Waals surface area contributed by atoms with Gasteiger partial charge in [0, 0.05) is 25.5 Å². The molecule has 0 aliphatic carbocycles. The molecule has 0 aliphatic heterocycles. The van der Waals surface area contributed by atoms with Gasteiger partial charge in [-0.3, -0.25) is 4.98 Å². The Hall–Kier alpha value is -1.95. The minimum Gasteiger partial charge on any atom is -0.365 e. The van der Waals surface area contributed by atoms with Crippen LogP contribution in [0.4, 0.5) is 10.1 Å². The van der Waals surface area contributed by atoms with E-state index < -0.39 is 9.84 Å². The zero-order chi connectivity index (χ0) is 15.3. The molecule has 0 amide bonds. The second kappa shape index (κ2) is 6.67. The maximum atomic E-state index is 12.9. The standard InChI is InChI=1S/C15H17FN2O2S/c1-21(19,20)10-9-18(15-3-2-8-17-11-15)12-13-4-6-14(16)7-5-13/h2-8,11H,9-10,12H2,1H3. The third-order valence-electron chi connectivity index (χ3n) is 3.03. The lowest BCUT2D eigenvalue weighted by Crippen LogP contribution is -2.28. The van der Waals surface area contributed by atoms with E-state index >= 15 is 0 Å². The molecule has 0 bridgehead atoms. The minimum absolute atomic E-state index is 0.0586. The Morgan fingerprint density at radius 1 is 1.19 bits per heavy atom. The summed E-state index contributed by atoms with van der Waals surface area (Å²) in [6.45, 7) is 0.864. The van der Waals surface area contributed by atoms with E-state index in [0.29, 0.717) is 13.1 Å². The summed E-state index contributed by atoms with van der Waals surface area (Å²) in [5, 5.41) is 0. The van der Waals surface area contributed by atoms with E-state index in [1.165, 1.54) is 18.4 Å². The number of halogens is 1. The van der Waals surface area contributed by atoms with E-state index in [1.807, 2.05) is 11.0 Å². The summed E-state index contributed by atoms with van der Waals surface area (Å²) in [6, 6.07) is 9.85. The van der Waals surface area contributed by atoms with Crippen molar-refractivity contribution >= 4 is 15.5 Å². The van der Waals surface area contributed by atoms with Crippen molar-refractivity contribution in [1.29, 1.82) is 0 Å². The molecular formula is C15H17FN2O2S. The molecule has 112 valence electrons. The number of nitrogens with zero attached hydrogens (tertiary/aromatic N) is 2. The number of anilines is 1. The molecule has 0 N–H and O–H groups in total. The summed E-state index contributed by atoms with van der Waals surface area (Å²) in [5.74, 6) is -0.230. The highest BCUT2D eigenvalue weighted by Gasteiger charge is 2.11. The maximum absolute atomic E-state index is 12.9. The summed E-state index contributed by atoms with van der Waals surface area (Å²) in [5.41, 5.74) is 1.75. The Morgan fingerprint density at radius 3 is 2.48 bits per heavy atom. The van der Waals surface area contributed by atoms with E-state index in [1.54, 1.807) is 30.6 Å². The Morgan fingerprint density at radius 2 is 1.90 bits per heavy atom. The van der Waals surface area contributed by atoms with Crippen LogP contribution < -0.4 is 4.90 Å². The lowest BCUT2D eigenvalue weighted by molar-refractivity contribution is 0.600. The first kappa shape index (κ1) is 15.4. The molecular weight excluding hydrogens is 291 g/mol. The third-order valence-corrected chi connectivity index (χ3v) is 3.95. The number of benzene rings is 1. The van der Waals surface area contributed by atoms with Gasteiger partial charge in [0.15, 0.2) is 0 Å². The summed E-state index contributed by atoms with van der Waals surface area (Å²) >= 11 is 0. The molecule has 0 spiro atoms. The fourth-order valence-electron chi connectivity index (χ4n) is 1.93. The van der Waals surface area contributed by atoms with Gasteiger partial charge in [-0.1, -0.05) is 12.1 Å². The quantitative estimate of drug-likeness (QED) is 0.821. The normalized spacial score (nSPS) is 11.3. The van der Waals surface area contributed by atoms with Crippen molar-refractivity contribution in [3.8, 4) is 0 Å². The van der Waals surface area contributed by atoms with Gasteiger partial charge in [-0.05, 0) is 29.8 Å². The average Bonchev–Trinajstić information content (AvgIpc) is 2.45. The molecule has 0 radical (unpaired) electrons. The second-order valence-electron chi connectivity index (χ2n) is 4.89. The Labute approximate surface area is 124 Å². The molecule has 0 saturated carbocycles. The van der Waals surface area contributed by atoms with E-state index in [-0.39, 0.29) is 11.6 Å². The largest absolute Gasteiger partial charge is 0.365 e. The summed E-state index contributed by atoms with van der Waals surface area (Å²) in [4.78, 5) is 5.97. The Kier molecular flexibility index (Phi) is 4.90. The van der Waals surface area contributed by atoms with Gasteiger partial charge in [-0.2, -0.15) is 0 Å². The van der Waals surface area contributed by atoms with Crippen molar-refractivity contribution in [3.63, 3.8) is 0 Å². The highest BCUT2D eigenvalue weighted by Crippen LogP contribution is 2.16. The highest BCUT2D eigenvalue weighted by molar-refractivity contribution is 7.90. The lowest BCUT2D eigenvalue weighted by atomic mass is 10.2. The van der Waals surface area contributed by atoms with Gasteiger partial charge in [-0.15, -0.1) is 0 Å². The first-order chi connectivity index (χ1) is 9.94. The first-order valence-corrected chi connectivity index (χ1v) is 8.57. The predicted molar refractivity (Wildman–Crippen MR) is 81.4 cm³/mol. The zero-order valence-electron chi connectivity index (χ0n) is 11.7. The van der Waals surface area contributed by atoms with Crippen LogP contribution >= 0.6 is 0 Å². The Balaban J connectivity index is 2.17. The predicted octanol–water partition coefficient (Wildman–Crippen LogP) is 2.27. The molecule has 0 aliphatic rings. The summed E-state index contributed by atoms with van der Waals surface area (Å²) < 4.78 is 35.7. The molecule has 1 aromatic carbocycles. The number of sulfone groups is 1. The molecule has 1 aromatic heterocycles. The fourth-order valence-corrected chi connectivity index (χ4v) is 2.48. The van der Waals surface area contributed by atoms with Crippen molar-refractivity contribution in [2.24, 2.45) is 0 Å². The van der Waals surface area contributed by atoms with E-state index in [2.05, 4.69) is 4.98 Å². The van der Waals surface area contributed by atoms with E-state index in [9.17, 15) is 12.8 Å². The molecule has 2 aromatic rings. The fraction of sp³-hybridized carbons (Fsp3) is 0.267. The summed E-state index contributed by atoms with van der Waals surface area (Å²) in [6.07, 6.45) is 4.56. The van der Waals surface area contributed by atoms with Crippen molar-refractivity contribution in [2.75, 3.05) is 23.5 Å². The molecule has 0 fully saturated rings. The lowest BCUT2D eigenvalue weighted by Gasteiger charge is -2.24. The molecule has 0 saturated heterocycles. The van der Waals surface area contributed by atoms with Crippen LogP contribution in [0.5, 0.6) is 0 Å². The van der Waals surface area contributed by atoms with E-state index in [4.69, 9.17) is 0 Å². The van der Waals surface area contributed by atoms with Crippen molar-refractivity contribution in [2.45, 2.75) is 6.54 Å². The van der Waals surface area contributed by atoms with Gasteiger partial charge in [0.25, 0.3) is 0 Å². The minimum atomic E-state index is -3.05. The van der Waals surface area contributed by atoms with Crippen LogP contribution in [-0.4, -0.2) is 32.0 Å². The average molecular weight is 308 g/mol. The topological polar surface area (TPSA) is 50.3 Å². The van der Waals surface area contributed by atoms with Gasteiger partial charge in [0.2, 0.25) is 0 Å². The third kappa shape index (κ3) is 5.15. The monoisotopic (exact) mass is 308 g/mol. The number of rotatable bonds is 6. The van der Waals surface area contributed by atoms with Crippen molar-refractivity contribution < 1.29 is 12.8 Å². The molecule has 6 heteroatoms. The van der Waals surface area contributed by atoms with Crippen LogP contribution in [0.1, 0.15) is 5.56 Å². The van der Waals surface area contributed by atoms with Gasteiger partial charge in [-0.25, -0.2) is 12.8 Å². The zero-order valence-corrected chi connectivity index (χ0v) is 12.6. The smallest absolute Gasteiger partial charge is 0.149 e. The molecule has 21 heavy (non-hydrogen) atoms. The van der Waals surface area contributed by atoms with Crippen LogP contribution in [0, 0.1) is 5.82 Å². The summed E-state index contributed by atoms with van der Waals surface area (Å²) in [7, 11) is -3.05. The number of hydrogen-bond donors (Lipinski definition) is 0.